The molecule has 21 heavy (non-hydrogen) atoms. The second kappa shape index (κ2) is 9.56. The van der Waals surface area contributed by atoms with E-state index in [0.29, 0.717) is 6.54 Å². The van der Waals surface area contributed by atoms with Crippen molar-refractivity contribution in [3.8, 4) is 0 Å². The molecule has 0 aliphatic rings. The van der Waals surface area contributed by atoms with Crippen molar-refractivity contribution in [3.63, 3.8) is 0 Å². The van der Waals surface area contributed by atoms with Gasteiger partial charge in [-0.25, -0.2) is 9.59 Å². The number of methoxy groups -OCH3 is 1. The molecule has 0 aliphatic carbocycles. The molecule has 0 spiro atoms. The lowest BCUT2D eigenvalue weighted by Gasteiger charge is -2.14. The zero-order valence-corrected chi connectivity index (χ0v) is 12.3. The van der Waals surface area contributed by atoms with E-state index in [-0.39, 0.29) is 12.5 Å². The smallest absolute Gasteiger partial charge is 0.326 e. The molecule has 9 nitrogen and oxygen atoms in total. The zero-order chi connectivity index (χ0) is 16.4. The highest BCUT2D eigenvalue weighted by molar-refractivity contribution is 5.88. The van der Waals surface area contributed by atoms with Gasteiger partial charge in [0, 0.05) is 6.54 Å². The van der Waals surface area contributed by atoms with Crippen LogP contribution in [-0.2, 0) is 19.1 Å². The summed E-state index contributed by atoms with van der Waals surface area (Å²) in [6.07, 6.45) is -0.501. The molecule has 0 rings (SSSR count). The Balaban J connectivity index is 4.17. The number of esters is 1. The Morgan fingerprint density at radius 1 is 1.14 bits per heavy atom. The third kappa shape index (κ3) is 9.25. The van der Waals surface area contributed by atoms with Gasteiger partial charge >= 0.3 is 18.0 Å². The molecule has 0 radical (unpaired) electrons. The molecule has 4 N–H and O–H groups in total. The fourth-order valence-electron chi connectivity index (χ4n) is 1.20. The Kier molecular flexibility index (Phi) is 8.51. The molecular formula is C12H21N3O6. The number of rotatable bonds is 8. The van der Waals surface area contributed by atoms with Crippen LogP contribution in [0.25, 0.3) is 0 Å². The van der Waals surface area contributed by atoms with Gasteiger partial charge in [0.15, 0.2) is 0 Å². The average Bonchev–Trinajstić information content (AvgIpc) is 2.41. The summed E-state index contributed by atoms with van der Waals surface area (Å²) in [7, 11) is 1.11. The van der Waals surface area contributed by atoms with Crippen molar-refractivity contribution in [3.05, 3.63) is 0 Å². The Bertz CT molecular complexity index is 396. The fraction of sp³-hybridized carbons (Fsp3) is 0.667. The number of aliphatic carboxylic acids is 1. The highest BCUT2D eigenvalue weighted by atomic mass is 16.5. The van der Waals surface area contributed by atoms with Crippen LogP contribution in [-0.4, -0.2) is 55.2 Å². The average molecular weight is 303 g/mol. The molecular weight excluding hydrogens is 282 g/mol. The zero-order valence-electron chi connectivity index (χ0n) is 12.3. The van der Waals surface area contributed by atoms with E-state index in [4.69, 9.17) is 5.11 Å². The maximum absolute atomic E-state index is 11.5. The van der Waals surface area contributed by atoms with E-state index in [0.717, 1.165) is 7.11 Å². The van der Waals surface area contributed by atoms with Gasteiger partial charge in [0.2, 0.25) is 5.91 Å². The number of amides is 3. The van der Waals surface area contributed by atoms with Gasteiger partial charge in [-0.3, -0.25) is 9.59 Å². The van der Waals surface area contributed by atoms with Crippen molar-refractivity contribution >= 4 is 23.9 Å². The number of urea groups is 1. The molecule has 0 saturated carbocycles. The van der Waals surface area contributed by atoms with E-state index >= 15 is 0 Å². The molecule has 0 aliphatic heterocycles. The van der Waals surface area contributed by atoms with Gasteiger partial charge in [0.25, 0.3) is 0 Å². The Morgan fingerprint density at radius 2 is 1.76 bits per heavy atom. The normalized spacial score (nSPS) is 11.4. The van der Waals surface area contributed by atoms with E-state index in [9.17, 15) is 19.2 Å². The van der Waals surface area contributed by atoms with Crippen LogP contribution in [0.15, 0.2) is 0 Å². The van der Waals surface area contributed by atoms with Crippen LogP contribution < -0.4 is 16.0 Å². The maximum atomic E-state index is 11.5. The predicted octanol–water partition coefficient (Wildman–Crippen LogP) is -0.926. The maximum Gasteiger partial charge on any atom is 0.326 e. The standard InChI is InChI=1S/C12H21N3O6/c1-7(2)5-13-9(16)6-14-12(20)15-8(11(18)19)4-10(17)21-3/h7-8H,4-6H2,1-3H3,(H,13,16)(H,18,19)(H2,14,15,20)/t8-/m0/s1. The first-order valence-electron chi connectivity index (χ1n) is 6.37. The molecule has 3 amide bonds. The second-order valence-corrected chi connectivity index (χ2v) is 4.70. The van der Waals surface area contributed by atoms with Crippen LogP contribution in [0.3, 0.4) is 0 Å². The molecule has 0 saturated heterocycles. The number of carbonyl (C=O) groups is 4. The quantitative estimate of drug-likeness (QED) is 0.428. The van der Waals surface area contributed by atoms with Crippen molar-refractivity contribution in [2.45, 2.75) is 26.3 Å². The largest absolute Gasteiger partial charge is 0.480 e. The van der Waals surface area contributed by atoms with Crippen molar-refractivity contribution < 1.29 is 29.0 Å². The van der Waals surface area contributed by atoms with E-state index in [1.807, 2.05) is 13.8 Å². The molecule has 120 valence electrons. The SMILES string of the molecule is COC(=O)C[C@H](NC(=O)NCC(=O)NCC(C)C)C(=O)O. The minimum Gasteiger partial charge on any atom is -0.480 e. The number of hydrogen-bond donors (Lipinski definition) is 4. The van der Waals surface area contributed by atoms with Crippen LogP contribution in [0, 0.1) is 5.92 Å². The van der Waals surface area contributed by atoms with Crippen molar-refractivity contribution in [2.75, 3.05) is 20.2 Å². The minimum absolute atomic E-state index is 0.277. The van der Waals surface area contributed by atoms with E-state index < -0.39 is 36.3 Å². The monoisotopic (exact) mass is 303 g/mol. The van der Waals surface area contributed by atoms with E-state index in [1.54, 1.807) is 0 Å². The summed E-state index contributed by atoms with van der Waals surface area (Å²) in [5.74, 6) is -2.25. The van der Waals surface area contributed by atoms with Crippen LogP contribution in [0.4, 0.5) is 4.79 Å². The molecule has 0 unspecified atom stereocenters. The summed E-state index contributed by atoms with van der Waals surface area (Å²) in [5.41, 5.74) is 0. The molecule has 0 aromatic rings. The van der Waals surface area contributed by atoms with Crippen molar-refractivity contribution in [1.29, 1.82) is 0 Å². The summed E-state index contributed by atoms with van der Waals surface area (Å²) < 4.78 is 4.33. The number of hydrogen-bond acceptors (Lipinski definition) is 5. The van der Waals surface area contributed by atoms with Gasteiger partial charge in [-0.05, 0) is 5.92 Å². The summed E-state index contributed by atoms with van der Waals surface area (Å²) in [5, 5.41) is 15.7. The minimum atomic E-state index is -1.42. The van der Waals surface area contributed by atoms with E-state index in [2.05, 4.69) is 20.7 Å². The summed E-state index contributed by atoms with van der Waals surface area (Å²) in [4.78, 5) is 44.7. The second-order valence-electron chi connectivity index (χ2n) is 4.70. The van der Waals surface area contributed by atoms with Gasteiger partial charge < -0.3 is 25.8 Å². The molecule has 1 atom stereocenters. The number of carboxylic acid groups (broad SMARTS) is 1. The Morgan fingerprint density at radius 3 is 2.24 bits per heavy atom. The highest BCUT2D eigenvalue weighted by Gasteiger charge is 2.23. The number of carboxylic acids is 1. The topological polar surface area (TPSA) is 134 Å². The lowest BCUT2D eigenvalue weighted by molar-refractivity contribution is -0.147. The number of ether oxygens (including phenoxy) is 1. The first-order valence-corrected chi connectivity index (χ1v) is 6.37. The van der Waals surface area contributed by atoms with Crippen molar-refractivity contribution in [2.24, 2.45) is 5.92 Å². The van der Waals surface area contributed by atoms with Gasteiger partial charge in [-0.2, -0.15) is 0 Å². The molecule has 0 aromatic carbocycles. The fourth-order valence-corrected chi connectivity index (χ4v) is 1.20. The Labute approximate surface area is 122 Å². The lowest BCUT2D eigenvalue weighted by Crippen LogP contribution is -2.49. The van der Waals surface area contributed by atoms with Crippen LogP contribution in [0.2, 0.25) is 0 Å². The predicted molar refractivity (Wildman–Crippen MR) is 72.4 cm³/mol. The van der Waals surface area contributed by atoms with E-state index in [1.165, 1.54) is 0 Å². The lowest BCUT2D eigenvalue weighted by atomic mass is 10.2. The van der Waals surface area contributed by atoms with Gasteiger partial charge in [0.1, 0.15) is 6.04 Å². The molecule has 0 heterocycles. The Hall–Kier alpha value is -2.32. The highest BCUT2D eigenvalue weighted by Crippen LogP contribution is 1.95. The van der Waals surface area contributed by atoms with Gasteiger partial charge in [-0.1, -0.05) is 13.8 Å². The summed E-state index contributed by atoms with van der Waals surface area (Å²) >= 11 is 0. The van der Waals surface area contributed by atoms with Crippen LogP contribution >= 0.6 is 0 Å². The first kappa shape index (κ1) is 18.7. The van der Waals surface area contributed by atoms with Crippen LogP contribution in [0.5, 0.6) is 0 Å². The molecule has 0 bridgehead atoms. The van der Waals surface area contributed by atoms with Crippen molar-refractivity contribution in [1.82, 2.24) is 16.0 Å². The summed E-state index contributed by atoms with van der Waals surface area (Å²) in [6, 6.07) is -2.28. The molecule has 0 aromatic heterocycles. The first-order chi connectivity index (χ1) is 9.76. The van der Waals surface area contributed by atoms with Gasteiger partial charge in [0.05, 0.1) is 20.1 Å². The number of carbonyl (C=O) groups excluding carboxylic acids is 3. The third-order valence-electron chi connectivity index (χ3n) is 2.32. The molecule has 9 heteroatoms. The summed E-state index contributed by atoms with van der Waals surface area (Å²) in [6.45, 7) is 4.03. The van der Waals surface area contributed by atoms with Crippen LogP contribution in [0.1, 0.15) is 20.3 Å². The van der Waals surface area contributed by atoms with Gasteiger partial charge in [-0.15, -0.1) is 0 Å². The number of nitrogens with one attached hydrogen (secondary N) is 3. The third-order valence-corrected chi connectivity index (χ3v) is 2.32. The molecule has 0 fully saturated rings.